The van der Waals surface area contributed by atoms with Crippen molar-refractivity contribution >= 4 is 52.1 Å². The first-order valence-electron chi connectivity index (χ1n) is 13.6. The zero-order valence-electron chi connectivity index (χ0n) is 22.9. The van der Waals surface area contributed by atoms with Gasteiger partial charge in [-0.25, -0.2) is 0 Å². The van der Waals surface area contributed by atoms with Gasteiger partial charge in [0, 0.05) is 31.7 Å². The maximum atomic E-state index is 13.3. The van der Waals surface area contributed by atoms with Gasteiger partial charge in [0.05, 0.1) is 17.4 Å². The highest BCUT2D eigenvalue weighted by molar-refractivity contribution is 8.26. The highest BCUT2D eigenvalue weighted by Crippen LogP contribution is 2.37. The van der Waals surface area contributed by atoms with Crippen LogP contribution in [0.1, 0.15) is 82.4 Å². The summed E-state index contributed by atoms with van der Waals surface area (Å²) >= 11 is 6.81. The van der Waals surface area contributed by atoms with Crippen LogP contribution < -0.4 is 10.5 Å². The van der Waals surface area contributed by atoms with Crippen molar-refractivity contribution in [3.63, 3.8) is 0 Å². The van der Waals surface area contributed by atoms with E-state index in [1.165, 1.54) is 18.2 Å². The SMILES string of the molecule is CCCCCCCN1C(=O)/C(=C\c2c(C)c(C#N)c(=O)n(CC)c2N2CCC(C(=O)OCC)CC2)SC1=S. The Bertz CT molecular complexity index is 1190. The predicted octanol–water partition coefficient (Wildman–Crippen LogP) is 5.00. The topological polar surface area (TPSA) is 95.6 Å². The molecule has 2 aliphatic rings. The van der Waals surface area contributed by atoms with Crippen LogP contribution >= 0.6 is 24.0 Å². The lowest BCUT2D eigenvalue weighted by Crippen LogP contribution is -2.41. The largest absolute Gasteiger partial charge is 0.466 e. The number of rotatable bonds is 11. The molecule has 2 aliphatic heterocycles. The summed E-state index contributed by atoms with van der Waals surface area (Å²) in [6.07, 6.45) is 8.46. The van der Waals surface area contributed by atoms with Crippen molar-refractivity contribution < 1.29 is 14.3 Å². The first-order chi connectivity index (χ1) is 18.3. The summed E-state index contributed by atoms with van der Waals surface area (Å²) in [7, 11) is 0. The number of amides is 1. The van der Waals surface area contributed by atoms with E-state index in [-0.39, 0.29) is 28.9 Å². The van der Waals surface area contributed by atoms with Gasteiger partial charge in [-0.2, -0.15) is 5.26 Å². The molecule has 0 atom stereocenters. The second-order valence-corrected chi connectivity index (χ2v) is 11.3. The molecule has 0 N–H and O–H groups in total. The van der Waals surface area contributed by atoms with Crippen LogP contribution in [0.25, 0.3) is 6.08 Å². The molecule has 0 saturated carbocycles. The number of nitrogens with zero attached hydrogens (tertiary/aromatic N) is 4. The highest BCUT2D eigenvalue weighted by Gasteiger charge is 2.34. The van der Waals surface area contributed by atoms with E-state index >= 15 is 0 Å². The fraction of sp³-hybridized carbons (Fsp3) is 0.607. The Morgan fingerprint density at radius 1 is 1.16 bits per heavy atom. The fourth-order valence-corrected chi connectivity index (χ4v) is 6.35. The van der Waals surface area contributed by atoms with Gasteiger partial charge in [0.15, 0.2) is 0 Å². The summed E-state index contributed by atoms with van der Waals surface area (Å²) in [6, 6.07) is 2.07. The minimum Gasteiger partial charge on any atom is -0.466 e. The third-order valence-electron chi connectivity index (χ3n) is 7.21. The number of thiocarbonyl (C=S) groups is 1. The smallest absolute Gasteiger partial charge is 0.309 e. The Morgan fingerprint density at radius 2 is 1.84 bits per heavy atom. The van der Waals surface area contributed by atoms with E-state index in [1.807, 2.05) is 6.92 Å². The number of pyridine rings is 1. The molecule has 38 heavy (non-hydrogen) atoms. The molecule has 2 fully saturated rings. The van der Waals surface area contributed by atoms with Crippen molar-refractivity contribution in [3.8, 4) is 6.07 Å². The number of esters is 1. The van der Waals surface area contributed by atoms with E-state index in [2.05, 4.69) is 17.9 Å². The number of thioether (sulfide) groups is 1. The Labute approximate surface area is 235 Å². The van der Waals surface area contributed by atoms with Gasteiger partial charge in [-0.1, -0.05) is 56.6 Å². The van der Waals surface area contributed by atoms with E-state index in [9.17, 15) is 19.6 Å². The third-order valence-corrected chi connectivity index (χ3v) is 8.59. The Morgan fingerprint density at radius 3 is 2.45 bits per heavy atom. The molecule has 206 valence electrons. The molecule has 1 aromatic heterocycles. The number of anilines is 1. The van der Waals surface area contributed by atoms with Crippen LogP contribution in [0.15, 0.2) is 9.70 Å². The summed E-state index contributed by atoms with van der Waals surface area (Å²) in [5, 5.41) is 9.80. The molecule has 1 amide bonds. The molecule has 8 nitrogen and oxygen atoms in total. The minimum atomic E-state index is -0.341. The van der Waals surface area contributed by atoms with Crippen LogP contribution in [0.5, 0.6) is 0 Å². The number of hydrogen-bond acceptors (Lipinski definition) is 8. The van der Waals surface area contributed by atoms with Crippen LogP contribution in [-0.4, -0.2) is 51.9 Å². The van der Waals surface area contributed by atoms with Crippen molar-refractivity contribution in [1.29, 1.82) is 5.26 Å². The van der Waals surface area contributed by atoms with E-state index < -0.39 is 0 Å². The summed E-state index contributed by atoms with van der Waals surface area (Å²) in [4.78, 5) is 43.1. The standard InChI is InChI=1S/C28H38N4O4S2/c1-5-8-9-10-11-14-32-26(34)23(38-28(32)37)17-21-19(4)22(18-29)25(33)31(6-2)24(21)30-15-12-20(13-16-30)27(35)36-7-3/h17,20H,5-16H2,1-4H3/b23-17+. The first kappa shape index (κ1) is 29.9. The van der Waals surface area contributed by atoms with Crippen molar-refractivity contribution in [1.82, 2.24) is 9.47 Å². The zero-order chi connectivity index (χ0) is 27.8. The van der Waals surface area contributed by atoms with Crippen LogP contribution in [0.3, 0.4) is 0 Å². The number of piperidine rings is 1. The lowest BCUT2D eigenvalue weighted by Gasteiger charge is -2.35. The molecule has 0 aromatic carbocycles. The quantitative estimate of drug-likeness (QED) is 0.162. The Hall–Kier alpha value is -2.64. The minimum absolute atomic E-state index is 0.0784. The van der Waals surface area contributed by atoms with Gasteiger partial charge in [0.1, 0.15) is 21.8 Å². The molecule has 0 spiro atoms. The molecule has 0 unspecified atom stereocenters. The first-order valence-corrected chi connectivity index (χ1v) is 14.9. The van der Waals surface area contributed by atoms with E-state index in [1.54, 1.807) is 29.4 Å². The maximum Gasteiger partial charge on any atom is 0.309 e. The summed E-state index contributed by atoms with van der Waals surface area (Å²) in [5.74, 6) is 0.190. The zero-order valence-corrected chi connectivity index (χ0v) is 24.5. The van der Waals surface area contributed by atoms with Gasteiger partial charge >= 0.3 is 5.97 Å². The second kappa shape index (κ2) is 13.9. The van der Waals surface area contributed by atoms with E-state index in [0.29, 0.717) is 71.8 Å². The van der Waals surface area contributed by atoms with Crippen molar-refractivity contribution in [2.24, 2.45) is 5.92 Å². The van der Waals surface area contributed by atoms with Crippen LogP contribution in [0.2, 0.25) is 0 Å². The highest BCUT2D eigenvalue weighted by atomic mass is 32.2. The summed E-state index contributed by atoms with van der Waals surface area (Å²) < 4.78 is 7.36. The number of hydrogen-bond donors (Lipinski definition) is 0. The lowest BCUT2D eigenvalue weighted by atomic mass is 9.95. The molecule has 0 bridgehead atoms. The number of nitriles is 1. The van der Waals surface area contributed by atoms with Crippen molar-refractivity contribution in [3.05, 3.63) is 31.9 Å². The molecular formula is C28H38N4O4S2. The molecule has 1 aromatic rings. The van der Waals surface area contributed by atoms with Crippen molar-refractivity contribution in [2.75, 3.05) is 31.1 Å². The average Bonchev–Trinajstić information content (AvgIpc) is 3.17. The molecule has 10 heteroatoms. The van der Waals surface area contributed by atoms with Crippen molar-refractivity contribution in [2.45, 2.75) is 79.2 Å². The third kappa shape index (κ3) is 6.49. The fourth-order valence-electron chi connectivity index (χ4n) is 5.06. The predicted molar refractivity (Wildman–Crippen MR) is 156 cm³/mol. The molecule has 3 heterocycles. The number of carbonyl (C=O) groups is 2. The number of carbonyl (C=O) groups excluding carboxylic acids is 2. The van der Waals surface area contributed by atoms with Crippen LogP contribution in [-0.2, 0) is 20.9 Å². The van der Waals surface area contributed by atoms with E-state index in [0.717, 1.165) is 25.7 Å². The monoisotopic (exact) mass is 558 g/mol. The second-order valence-electron chi connectivity index (χ2n) is 9.66. The van der Waals surface area contributed by atoms with Gasteiger partial charge in [-0.3, -0.25) is 23.9 Å². The molecule has 2 saturated heterocycles. The Kier molecular flexibility index (Phi) is 11.0. The number of ether oxygens (including phenoxy) is 1. The number of aromatic nitrogens is 1. The average molecular weight is 559 g/mol. The number of unbranched alkanes of at least 4 members (excludes halogenated alkanes) is 4. The van der Waals surface area contributed by atoms with E-state index in [4.69, 9.17) is 17.0 Å². The Balaban J connectivity index is 1.96. The molecular weight excluding hydrogens is 520 g/mol. The lowest BCUT2D eigenvalue weighted by molar-refractivity contribution is -0.148. The molecule has 0 aliphatic carbocycles. The van der Waals surface area contributed by atoms with Gasteiger partial charge in [0.2, 0.25) is 0 Å². The van der Waals surface area contributed by atoms with Crippen LogP contribution in [0, 0.1) is 24.2 Å². The molecule has 0 radical (unpaired) electrons. The van der Waals surface area contributed by atoms with Gasteiger partial charge < -0.3 is 9.64 Å². The van der Waals surface area contributed by atoms with Crippen LogP contribution in [0.4, 0.5) is 5.82 Å². The van der Waals surface area contributed by atoms with Gasteiger partial charge in [-0.05, 0) is 51.7 Å². The van der Waals surface area contributed by atoms with Gasteiger partial charge in [0.25, 0.3) is 11.5 Å². The summed E-state index contributed by atoms with van der Waals surface area (Å²) in [5.41, 5.74) is 0.969. The summed E-state index contributed by atoms with van der Waals surface area (Å²) in [6.45, 7) is 10.0. The maximum absolute atomic E-state index is 13.3. The molecule has 3 rings (SSSR count). The normalized spacial score (nSPS) is 17.4. The van der Waals surface area contributed by atoms with Gasteiger partial charge in [-0.15, -0.1) is 0 Å².